The molecule has 0 aromatic heterocycles. The lowest BCUT2D eigenvalue weighted by Crippen LogP contribution is -2.52. The number of aliphatic hydroxyl groups excluding tert-OH is 1. The summed E-state index contributed by atoms with van der Waals surface area (Å²) in [6.07, 6.45) is 8.92. The van der Waals surface area contributed by atoms with Gasteiger partial charge in [0.05, 0.1) is 6.10 Å². The van der Waals surface area contributed by atoms with E-state index >= 15 is 0 Å². The summed E-state index contributed by atoms with van der Waals surface area (Å²) in [5, 5.41) is 10.5. The number of hydrogen-bond acceptors (Lipinski definition) is 2. The fourth-order valence-electron chi connectivity index (χ4n) is 6.70. The van der Waals surface area contributed by atoms with Gasteiger partial charge in [-0.15, -0.1) is 0 Å². The maximum absolute atomic E-state index is 12.3. The minimum Gasteiger partial charge on any atom is -0.393 e. The molecule has 3 saturated carbocycles. The summed E-state index contributed by atoms with van der Waals surface area (Å²) in [6.45, 7) is 6.42. The molecule has 0 heterocycles. The molecule has 0 spiro atoms. The first-order valence-electron chi connectivity index (χ1n) is 9.62. The predicted molar refractivity (Wildman–Crippen MR) is 87.3 cm³/mol. The largest absolute Gasteiger partial charge is 0.393 e. The molecule has 0 amide bonds. The first-order chi connectivity index (χ1) is 10.7. The zero-order valence-electron chi connectivity index (χ0n) is 15.2. The van der Waals surface area contributed by atoms with Crippen LogP contribution in [0, 0.1) is 34.5 Å². The van der Waals surface area contributed by atoms with Crippen LogP contribution in [0.1, 0.15) is 67.1 Å². The second kappa shape index (κ2) is 4.69. The van der Waals surface area contributed by atoms with Gasteiger partial charge in [0.2, 0.25) is 0 Å². The van der Waals surface area contributed by atoms with Gasteiger partial charge in [0, 0.05) is 7.26 Å². The highest BCUT2D eigenvalue weighted by Crippen LogP contribution is 2.65. The van der Waals surface area contributed by atoms with Crippen LogP contribution in [0.2, 0.25) is 0 Å². The first-order valence-corrected chi connectivity index (χ1v) is 9.12. The van der Waals surface area contributed by atoms with E-state index in [2.05, 4.69) is 13.8 Å². The topological polar surface area (TPSA) is 37.3 Å². The van der Waals surface area contributed by atoms with Crippen LogP contribution >= 0.6 is 0 Å². The van der Waals surface area contributed by atoms with Crippen molar-refractivity contribution in [1.82, 2.24) is 0 Å². The smallest absolute Gasteiger partial charge is 0.158 e. The minimum atomic E-state index is -0.962. The normalized spacial score (nSPS) is 58.3. The summed E-state index contributed by atoms with van der Waals surface area (Å²) in [5.41, 5.74) is 1.44. The van der Waals surface area contributed by atoms with Gasteiger partial charge in [-0.25, -0.2) is 0 Å². The van der Waals surface area contributed by atoms with Crippen molar-refractivity contribution in [1.29, 1.82) is 0 Å². The van der Waals surface area contributed by atoms with E-state index in [1.807, 2.05) is 6.08 Å². The van der Waals surface area contributed by atoms with Crippen LogP contribution in [-0.4, -0.2) is 17.0 Å². The summed E-state index contributed by atoms with van der Waals surface area (Å²) in [4.78, 5) is 12.3. The molecule has 0 radical (unpaired) electrons. The van der Waals surface area contributed by atoms with E-state index in [-0.39, 0.29) is 22.7 Å². The Balaban J connectivity index is 1.71. The van der Waals surface area contributed by atoms with Crippen molar-refractivity contribution in [2.24, 2.45) is 34.5 Å². The van der Waals surface area contributed by atoms with Gasteiger partial charge in [0.15, 0.2) is 5.78 Å². The van der Waals surface area contributed by atoms with Gasteiger partial charge in [-0.3, -0.25) is 4.79 Å². The van der Waals surface area contributed by atoms with Crippen LogP contribution in [-0.2, 0) is 4.79 Å². The Hall–Kier alpha value is -0.630. The molecule has 0 aromatic rings. The van der Waals surface area contributed by atoms with Gasteiger partial charge < -0.3 is 5.11 Å². The van der Waals surface area contributed by atoms with Crippen molar-refractivity contribution in [2.75, 3.05) is 0 Å². The lowest BCUT2D eigenvalue weighted by atomic mass is 9.47. The van der Waals surface area contributed by atoms with E-state index in [1.54, 1.807) is 6.92 Å². The summed E-state index contributed by atoms with van der Waals surface area (Å²) in [6, 6.07) is 0. The summed E-state index contributed by atoms with van der Waals surface area (Å²) >= 11 is 0. The molecule has 0 aliphatic heterocycles. The molecule has 0 bridgehead atoms. The Labute approximate surface area is 135 Å². The van der Waals surface area contributed by atoms with Gasteiger partial charge in [0.1, 0.15) is 0 Å². The third kappa shape index (κ3) is 1.79. The molecular formula is C20H30O2. The van der Waals surface area contributed by atoms with Crippen molar-refractivity contribution in [3.05, 3.63) is 11.6 Å². The molecule has 7 atom stereocenters. The third-order valence-corrected chi connectivity index (χ3v) is 8.04. The van der Waals surface area contributed by atoms with Gasteiger partial charge in [-0.2, -0.15) is 0 Å². The fraction of sp³-hybridized carbons (Fsp3) is 0.850. The molecule has 2 nitrogen and oxygen atoms in total. The summed E-state index contributed by atoms with van der Waals surface area (Å²) in [7, 11) is 0. The monoisotopic (exact) mass is 303 g/mol. The second-order valence-corrected chi connectivity index (χ2v) is 8.96. The number of fused-ring (bicyclic) bond motifs is 5. The molecule has 0 saturated heterocycles. The van der Waals surface area contributed by atoms with Crippen LogP contribution in [0.5, 0.6) is 0 Å². The SMILES string of the molecule is [2H]C1(C)C[C@@]2(C)C(=CC1=O)CC[C@H]1[C@@H]3CC[C@H](O)[C@@]3(C)CC[C@@H]12. The average molecular weight is 303 g/mol. The van der Waals surface area contributed by atoms with Gasteiger partial charge in [0.25, 0.3) is 0 Å². The first kappa shape index (κ1) is 13.8. The van der Waals surface area contributed by atoms with Crippen molar-refractivity contribution in [3.63, 3.8) is 0 Å². The molecule has 2 heteroatoms. The van der Waals surface area contributed by atoms with Crippen LogP contribution in [0.15, 0.2) is 11.6 Å². The molecule has 1 N–H and O–H groups in total. The van der Waals surface area contributed by atoms with Gasteiger partial charge in [-0.05, 0) is 79.6 Å². The van der Waals surface area contributed by atoms with E-state index in [0.717, 1.165) is 32.1 Å². The van der Waals surface area contributed by atoms with Crippen molar-refractivity contribution in [3.8, 4) is 0 Å². The maximum Gasteiger partial charge on any atom is 0.158 e. The number of hydrogen-bond donors (Lipinski definition) is 1. The molecule has 1 unspecified atom stereocenters. The third-order valence-electron chi connectivity index (χ3n) is 8.04. The van der Waals surface area contributed by atoms with E-state index in [4.69, 9.17) is 1.37 Å². The van der Waals surface area contributed by atoms with Gasteiger partial charge >= 0.3 is 0 Å². The minimum absolute atomic E-state index is 0.000335. The van der Waals surface area contributed by atoms with Crippen LogP contribution in [0.3, 0.4) is 0 Å². The quantitative estimate of drug-likeness (QED) is 0.730. The Morgan fingerprint density at radius 2 is 2.00 bits per heavy atom. The Kier molecular flexibility index (Phi) is 2.94. The van der Waals surface area contributed by atoms with Crippen LogP contribution < -0.4 is 0 Å². The highest BCUT2D eigenvalue weighted by atomic mass is 16.3. The maximum atomic E-state index is 12.3. The average Bonchev–Trinajstić information content (AvgIpc) is 2.76. The molecule has 22 heavy (non-hydrogen) atoms. The summed E-state index contributed by atoms with van der Waals surface area (Å²) < 4.78 is 8.47. The number of rotatable bonds is 0. The molecular weight excluding hydrogens is 272 g/mol. The lowest BCUT2D eigenvalue weighted by molar-refractivity contribution is -0.122. The molecule has 4 rings (SSSR count). The number of ketones is 1. The Bertz CT molecular complexity index is 580. The van der Waals surface area contributed by atoms with Crippen LogP contribution in [0.25, 0.3) is 0 Å². The van der Waals surface area contributed by atoms with E-state index < -0.39 is 5.89 Å². The predicted octanol–water partition coefficient (Wildman–Crippen LogP) is 4.13. The van der Waals surface area contributed by atoms with Crippen molar-refractivity contribution < 1.29 is 11.3 Å². The van der Waals surface area contributed by atoms with E-state index in [9.17, 15) is 9.90 Å². The number of aliphatic hydroxyl groups is 1. The number of allylic oxidation sites excluding steroid dienone is 1. The molecule has 0 aromatic carbocycles. The zero-order chi connectivity index (χ0) is 16.6. The Morgan fingerprint density at radius 3 is 2.77 bits per heavy atom. The van der Waals surface area contributed by atoms with E-state index in [1.165, 1.54) is 12.0 Å². The molecule has 4 aliphatic rings. The van der Waals surface area contributed by atoms with Crippen molar-refractivity contribution in [2.45, 2.75) is 71.8 Å². The van der Waals surface area contributed by atoms with Gasteiger partial charge in [-0.1, -0.05) is 26.3 Å². The highest BCUT2D eigenvalue weighted by molar-refractivity contribution is 5.93. The molecule has 3 fully saturated rings. The molecule has 122 valence electrons. The van der Waals surface area contributed by atoms with Crippen molar-refractivity contribution >= 4 is 5.78 Å². The second-order valence-electron chi connectivity index (χ2n) is 8.96. The molecule has 4 aliphatic carbocycles. The lowest BCUT2D eigenvalue weighted by Gasteiger charge is -2.58. The zero-order valence-corrected chi connectivity index (χ0v) is 14.2. The fourth-order valence-corrected chi connectivity index (χ4v) is 6.70. The summed E-state index contributed by atoms with van der Waals surface area (Å²) in [5.74, 6) is 0.918. The Morgan fingerprint density at radius 1 is 1.23 bits per heavy atom. The number of carbonyl (C=O) groups excluding carboxylic acids is 1. The number of carbonyl (C=O) groups is 1. The highest BCUT2D eigenvalue weighted by Gasteiger charge is 2.59. The standard InChI is InChI=1S/C20H30O2/c1-12-11-20(3)13(10-17(12)21)4-5-14-15-6-7-18(22)19(15,2)9-8-16(14)20/h10,12,14-16,18,22H,4-9,11H2,1-3H3/t12?,14-,15-,16-,18-,19-,20-/m0/s1/i12D. The van der Waals surface area contributed by atoms with Crippen LogP contribution in [0.4, 0.5) is 0 Å². The van der Waals surface area contributed by atoms with E-state index in [0.29, 0.717) is 24.2 Å².